The molecule has 0 atom stereocenters. The molecule has 2 rings (SSSR count). The fraction of sp³-hybridized carbons (Fsp3) is 0.750. The topological polar surface area (TPSA) is 96.7 Å². The zero-order chi connectivity index (χ0) is 18.1. The molecule has 1 aromatic rings. The number of hydrogen-bond donors (Lipinski definition) is 2. The lowest BCUT2D eigenvalue weighted by Crippen LogP contribution is -2.50. The van der Waals surface area contributed by atoms with Gasteiger partial charge in [-0.2, -0.15) is 0 Å². The maximum absolute atomic E-state index is 11.7. The van der Waals surface area contributed by atoms with Crippen LogP contribution in [-0.2, 0) is 17.7 Å². The van der Waals surface area contributed by atoms with E-state index in [9.17, 15) is 4.79 Å². The minimum absolute atomic E-state index is 0.218. The molecule has 1 fully saturated rings. The number of aromatic nitrogens is 3. The van der Waals surface area contributed by atoms with Crippen molar-refractivity contribution in [2.24, 2.45) is 4.99 Å². The zero-order valence-corrected chi connectivity index (χ0v) is 15.4. The van der Waals surface area contributed by atoms with E-state index < -0.39 is 0 Å². The van der Waals surface area contributed by atoms with E-state index in [1.807, 2.05) is 11.5 Å². The van der Waals surface area contributed by atoms with Gasteiger partial charge in [-0.25, -0.2) is 4.79 Å². The quantitative estimate of drug-likeness (QED) is 0.576. The Hall–Kier alpha value is -2.32. The van der Waals surface area contributed by atoms with E-state index in [-0.39, 0.29) is 6.09 Å². The maximum Gasteiger partial charge on any atom is 0.409 e. The van der Waals surface area contributed by atoms with Gasteiger partial charge in [-0.1, -0.05) is 6.92 Å². The van der Waals surface area contributed by atoms with Crippen LogP contribution in [0.5, 0.6) is 0 Å². The van der Waals surface area contributed by atoms with Gasteiger partial charge in [-0.3, -0.25) is 4.99 Å². The SMILES string of the molecule is CCOC(=O)N1CCC(NC(=NC)NCCn2cnnc2CC)CC1. The Morgan fingerprint density at radius 2 is 2.16 bits per heavy atom. The number of aryl methyl sites for hydroxylation is 1. The second-order valence-corrected chi connectivity index (χ2v) is 5.90. The van der Waals surface area contributed by atoms with Crippen molar-refractivity contribution in [1.82, 2.24) is 30.3 Å². The Kier molecular flexibility index (Phi) is 7.49. The Morgan fingerprint density at radius 1 is 1.40 bits per heavy atom. The highest BCUT2D eigenvalue weighted by Gasteiger charge is 2.23. The predicted molar refractivity (Wildman–Crippen MR) is 95.5 cm³/mol. The molecule has 25 heavy (non-hydrogen) atoms. The van der Waals surface area contributed by atoms with Crippen LogP contribution in [0.4, 0.5) is 4.79 Å². The van der Waals surface area contributed by atoms with Gasteiger partial charge in [0.1, 0.15) is 12.2 Å². The molecule has 0 unspecified atom stereocenters. The van der Waals surface area contributed by atoms with Crippen molar-refractivity contribution in [2.75, 3.05) is 33.3 Å². The third-order valence-corrected chi connectivity index (χ3v) is 4.24. The van der Waals surface area contributed by atoms with Crippen LogP contribution in [0.3, 0.4) is 0 Å². The van der Waals surface area contributed by atoms with Gasteiger partial charge < -0.3 is 24.8 Å². The number of guanidine groups is 1. The number of nitrogens with one attached hydrogen (secondary N) is 2. The molecule has 0 spiro atoms. The smallest absolute Gasteiger partial charge is 0.409 e. The van der Waals surface area contributed by atoms with Crippen LogP contribution in [0.25, 0.3) is 0 Å². The molecule has 9 nitrogen and oxygen atoms in total. The second kappa shape index (κ2) is 9.85. The van der Waals surface area contributed by atoms with Gasteiger partial charge >= 0.3 is 6.09 Å². The van der Waals surface area contributed by atoms with Crippen LogP contribution >= 0.6 is 0 Å². The summed E-state index contributed by atoms with van der Waals surface area (Å²) in [6.07, 6.45) is 4.16. The van der Waals surface area contributed by atoms with Gasteiger partial charge in [-0.05, 0) is 19.8 Å². The molecule has 1 aliphatic rings. The van der Waals surface area contributed by atoms with Crippen molar-refractivity contribution in [3.8, 4) is 0 Å². The summed E-state index contributed by atoms with van der Waals surface area (Å²) in [5.74, 6) is 1.76. The van der Waals surface area contributed by atoms with Gasteiger partial charge in [0.05, 0.1) is 6.61 Å². The molecule has 1 saturated heterocycles. The van der Waals surface area contributed by atoms with E-state index in [0.717, 1.165) is 44.1 Å². The summed E-state index contributed by atoms with van der Waals surface area (Å²) in [5.41, 5.74) is 0. The van der Waals surface area contributed by atoms with Gasteiger partial charge in [-0.15, -0.1) is 10.2 Å². The molecule has 1 amide bonds. The molecule has 1 aliphatic heterocycles. The van der Waals surface area contributed by atoms with Crippen LogP contribution in [-0.4, -0.2) is 71.0 Å². The summed E-state index contributed by atoms with van der Waals surface area (Å²) in [6, 6.07) is 0.304. The molecule has 0 aromatic carbocycles. The second-order valence-electron chi connectivity index (χ2n) is 5.90. The van der Waals surface area contributed by atoms with Crippen LogP contribution < -0.4 is 10.6 Å². The van der Waals surface area contributed by atoms with Crippen molar-refractivity contribution in [3.05, 3.63) is 12.2 Å². The van der Waals surface area contributed by atoms with Crippen molar-refractivity contribution in [1.29, 1.82) is 0 Å². The lowest BCUT2D eigenvalue weighted by atomic mass is 10.1. The molecule has 0 radical (unpaired) electrons. The number of hydrogen-bond acceptors (Lipinski definition) is 5. The third-order valence-electron chi connectivity index (χ3n) is 4.24. The first kappa shape index (κ1) is 19.0. The normalized spacial score (nSPS) is 16.0. The van der Waals surface area contributed by atoms with Crippen LogP contribution in [0.2, 0.25) is 0 Å². The molecular weight excluding hydrogens is 322 g/mol. The number of ether oxygens (including phenoxy) is 1. The summed E-state index contributed by atoms with van der Waals surface area (Å²) < 4.78 is 7.08. The van der Waals surface area contributed by atoms with Crippen molar-refractivity contribution < 1.29 is 9.53 Å². The zero-order valence-electron chi connectivity index (χ0n) is 15.4. The third kappa shape index (κ3) is 5.61. The number of aliphatic imine (C=N–C) groups is 1. The van der Waals surface area contributed by atoms with Crippen molar-refractivity contribution in [2.45, 2.75) is 45.7 Å². The molecule has 0 aliphatic carbocycles. The predicted octanol–water partition coefficient (Wildman–Crippen LogP) is 0.626. The van der Waals surface area contributed by atoms with Crippen LogP contribution in [0, 0.1) is 0 Å². The van der Waals surface area contributed by atoms with E-state index in [2.05, 4.69) is 32.7 Å². The summed E-state index contributed by atoms with van der Waals surface area (Å²) in [4.78, 5) is 17.8. The molecule has 1 aromatic heterocycles. The fourth-order valence-corrected chi connectivity index (χ4v) is 2.84. The lowest BCUT2D eigenvalue weighted by Gasteiger charge is -2.32. The standard InChI is InChI=1S/C16H29N7O2/c1-4-14-21-19-12-23(14)11-8-18-15(17-3)20-13-6-9-22(10-7-13)16(24)25-5-2/h12-13H,4-11H2,1-3H3,(H2,17,18,20). The van der Waals surface area contributed by atoms with Gasteiger partial charge in [0, 0.05) is 45.7 Å². The van der Waals surface area contributed by atoms with E-state index in [4.69, 9.17) is 4.74 Å². The summed E-state index contributed by atoms with van der Waals surface area (Å²) in [5, 5.41) is 14.8. The van der Waals surface area contributed by atoms with E-state index in [0.29, 0.717) is 25.7 Å². The molecule has 140 valence electrons. The van der Waals surface area contributed by atoms with Crippen molar-refractivity contribution in [3.63, 3.8) is 0 Å². The van der Waals surface area contributed by atoms with E-state index in [1.54, 1.807) is 18.3 Å². The Bertz CT molecular complexity index is 565. The monoisotopic (exact) mass is 351 g/mol. The average Bonchev–Trinajstić information content (AvgIpc) is 3.09. The molecule has 9 heteroatoms. The number of likely N-dealkylation sites (tertiary alicyclic amines) is 1. The number of amides is 1. The molecule has 2 heterocycles. The first-order valence-electron chi connectivity index (χ1n) is 8.93. The van der Waals surface area contributed by atoms with Crippen molar-refractivity contribution >= 4 is 12.1 Å². The number of rotatable bonds is 6. The number of carbonyl (C=O) groups excluding carboxylic acids is 1. The maximum atomic E-state index is 11.7. The fourth-order valence-electron chi connectivity index (χ4n) is 2.84. The minimum atomic E-state index is -0.218. The van der Waals surface area contributed by atoms with Gasteiger partial charge in [0.2, 0.25) is 0 Å². The average molecular weight is 351 g/mol. The van der Waals surface area contributed by atoms with Gasteiger partial charge in [0.15, 0.2) is 5.96 Å². The first-order chi connectivity index (χ1) is 12.2. The Labute approximate surface area is 148 Å². The first-order valence-corrected chi connectivity index (χ1v) is 8.93. The summed E-state index contributed by atoms with van der Waals surface area (Å²) in [7, 11) is 1.76. The highest BCUT2D eigenvalue weighted by molar-refractivity contribution is 5.80. The lowest BCUT2D eigenvalue weighted by molar-refractivity contribution is 0.0963. The minimum Gasteiger partial charge on any atom is -0.450 e. The summed E-state index contributed by atoms with van der Waals surface area (Å²) >= 11 is 0. The molecule has 0 saturated carbocycles. The van der Waals surface area contributed by atoms with E-state index in [1.165, 1.54) is 0 Å². The highest BCUT2D eigenvalue weighted by Crippen LogP contribution is 2.11. The number of piperidine rings is 1. The Balaban J connectivity index is 1.71. The molecule has 2 N–H and O–H groups in total. The Morgan fingerprint density at radius 3 is 2.80 bits per heavy atom. The highest BCUT2D eigenvalue weighted by atomic mass is 16.6. The largest absolute Gasteiger partial charge is 0.450 e. The van der Waals surface area contributed by atoms with Crippen LogP contribution in [0.15, 0.2) is 11.3 Å². The molecular formula is C16H29N7O2. The van der Waals surface area contributed by atoms with E-state index >= 15 is 0 Å². The van der Waals surface area contributed by atoms with Gasteiger partial charge in [0.25, 0.3) is 0 Å². The van der Waals surface area contributed by atoms with Crippen LogP contribution in [0.1, 0.15) is 32.5 Å². The molecule has 0 bridgehead atoms. The number of nitrogens with zero attached hydrogens (tertiary/aromatic N) is 5. The summed E-state index contributed by atoms with van der Waals surface area (Å²) in [6.45, 7) is 7.24. The number of carbonyl (C=O) groups is 1.